The smallest absolute Gasteiger partial charge is 0.0620 e. The Morgan fingerprint density at radius 2 is 1.30 bits per heavy atom. The van der Waals surface area contributed by atoms with Crippen LogP contribution in [0.5, 0.6) is 0 Å². The van der Waals surface area contributed by atoms with Crippen LogP contribution in [0.2, 0.25) is 24.2 Å². The van der Waals surface area contributed by atoms with E-state index in [-0.39, 0.29) is 0 Å². The highest BCUT2D eigenvalue weighted by atomic mass is 28.3. The van der Waals surface area contributed by atoms with Crippen LogP contribution < -0.4 is 0 Å². The third-order valence-corrected chi connectivity index (χ3v) is 19.8. The van der Waals surface area contributed by atoms with Crippen molar-refractivity contribution in [3.05, 3.63) is 0 Å². The highest BCUT2D eigenvalue weighted by Gasteiger charge is 2.64. The Morgan fingerprint density at radius 1 is 0.649 bits per heavy atom. The quantitative estimate of drug-likeness (QED) is 0.332. The highest BCUT2D eigenvalue weighted by Crippen LogP contribution is 2.67. The van der Waals surface area contributed by atoms with Gasteiger partial charge >= 0.3 is 0 Å². The Balaban J connectivity index is 1.21. The summed E-state index contributed by atoms with van der Waals surface area (Å²) in [4.78, 5) is 0. The maximum Gasteiger partial charge on any atom is 0.0620 e. The average Bonchev–Trinajstić information content (AvgIpc) is 3.47. The van der Waals surface area contributed by atoms with Gasteiger partial charge in [-0.3, -0.25) is 0 Å². The molecule has 1 nitrogen and oxygen atoms in total. The van der Waals surface area contributed by atoms with Crippen molar-refractivity contribution in [3.8, 4) is 0 Å². The molecule has 1 heterocycles. The Morgan fingerprint density at radius 3 is 2.00 bits per heavy atom. The van der Waals surface area contributed by atoms with Gasteiger partial charge in [-0.05, 0) is 127 Å². The molecule has 0 aromatic carbocycles. The molecule has 5 aliphatic carbocycles. The van der Waals surface area contributed by atoms with E-state index in [0.29, 0.717) is 17.6 Å². The summed E-state index contributed by atoms with van der Waals surface area (Å²) in [5.74, 6) is 9.61. The summed E-state index contributed by atoms with van der Waals surface area (Å²) in [5.41, 5.74) is 2.44. The fourth-order valence-electron chi connectivity index (χ4n) is 13.0. The van der Waals surface area contributed by atoms with Crippen molar-refractivity contribution in [1.82, 2.24) is 0 Å². The zero-order valence-corrected chi connectivity index (χ0v) is 27.0. The maximum absolute atomic E-state index is 7.15. The van der Waals surface area contributed by atoms with Gasteiger partial charge in [-0.2, -0.15) is 0 Å². The molecular formula is C35H62OSi. The average molecular weight is 527 g/mol. The van der Waals surface area contributed by atoms with Crippen LogP contribution in [0.3, 0.4) is 0 Å². The summed E-state index contributed by atoms with van der Waals surface area (Å²) in [7, 11) is -1.50. The molecule has 212 valence electrons. The molecule has 1 saturated heterocycles. The zero-order chi connectivity index (χ0) is 26.3. The molecule has 12 unspecified atom stereocenters. The lowest BCUT2D eigenvalue weighted by molar-refractivity contribution is 0.0125. The molecule has 0 bridgehead atoms. The number of fused-ring (bicyclic) bond motifs is 4. The fraction of sp³-hybridized carbons (Fsp3) is 1.00. The minimum atomic E-state index is -1.50. The summed E-state index contributed by atoms with van der Waals surface area (Å²) in [5, 5.41) is 0. The molecule has 0 N–H and O–H groups in total. The van der Waals surface area contributed by atoms with Gasteiger partial charge in [-0.25, -0.2) is 0 Å². The predicted molar refractivity (Wildman–Crippen MR) is 160 cm³/mol. The zero-order valence-electron chi connectivity index (χ0n) is 26.0. The second-order valence-corrected chi connectivity index (χ2v) is 22.3. The lowest BCUT2D eigenvalue weighted by atomic mass is 9.61. The summed E-state index contributed by atoms with van der Waals surface area (Å²) < 4.78 is 7.15. The molecule has 0 aromatic rings. The van der Waals surface area contributed by atoms with Crippen molar-refractivity contribution in [1.29, 1.82) is 0 Å². The van der Waals surface area contributed by atoms with Crippen LogP contribution in [-0.2, 0) is 4.74 Å². The van der Waals surface area contributed by atoms with E-state index in [1.807, 2.05) is 0 Å². The highest BCUT2D eigenvalue weighted by molar-refractivity contribution is 6.80. The van der Waals surface area contributed by atoms with E-state index >= 15 is 0 Å². The van der Waals surface area contributed by atoms with Crippen molar-refractivity contribution in [2.45, 2.75) is 155 Å². The Hall–Kier alpha value is 0.177. The van der Waals surface area contributed by atoms with Crippen LogP contribution in [0.25, 0.3) is 0 Å². The van der Waals surface area contributed by atoms with Crippen LogP contribution >= 0.6 is 0 Å². The maximum atomic E-state index is 7.15. The monoisotopic (exact) mass is 526 g/mol. The molecule has 6 rings (SSSR count). The Labute approximate surface area is 232 Å². The SMILES string of the molecule is CC1CC2C(C3CCC(C(C)(C)C)CC3)CCCC2C1[Si](C)(C)C1C(C)C(C)C2C3CCCCC3OC21. The van der Waals surface area contributed by atoms with Crippen molar-refractivity contribution < 1.29 is 4.74 Å². The fourth-order valence-corrected chi connectivity index (χ4v) is 19.4. The number of hydrogen-bond acceptors (Lipinski definition) is 1. The van der Waals surface area contributed by atoms with Crippen LogP contribution in [0.4, 0.5) is 0 Å². The number of hydrogen-bond donors (Lipinski definition) is 0. The largest absolute Gasteiger partial charge is 0.374 e. The molecular weight excluding hydrogens is 464 g/mol. The van der Waals surface area contributed by atoms with Crippen LogP contribution in [-0.4, -0.2) is 20.3 Å². The van der Waals surface area contributed by atoms with Crippen molar-refractivity contribution >= 4 is 8.07 Å². The second kappa shape index (κ2) is 9.92. The van der Waals surface area contributed by atoms with Gasteiger partial charge < -0.3 is 4.74 Å². The van der Waals surface area contributed by atoms with E-state index in [2.05, 4.69) is 54.6 Å². The lowest BCUT2D eigenvalue weighted by Gasteiger charge is -2.49. The first kappa shape index (κ1) is 27.4. The van der Waals surface area contributed by atoms with Gasteiger partial charge in [0.1, 0.15) is 0 Å². The molecule has 0 amide bonds. The van der Waals surface area contributed by atoms with Gasteiger partial charge in [-0.15, -0.1) is 0 Å². The first-order chi connectivity index (χ1) is 17.5. The van der Waals surface area contributed by atoms with E-state index in [0.717, 1.165) is 70.3 Å². The summed E-state index contributed by atoms with van der Waals surface area (Å²) >= 11 is 0. The van der Waals surface area contributed by atoms with E-state index in [1.54, 1.807) is 19.3 Å². The topological polar surface area (TPSA) is 9.23 Å². The molecule has 6 fully saturated rings. The first-order valence-electron chi connectivity index (χ1n) is 17.2. The standard InChI is InChI=1S/C35H62OSi/c1-21-20-29-26(24-16-18-25(19-17-24)35(4,5)6)13-11-14-27(29)33(21)37(7,8)34-23(3)22(2)31-28-12-9-10-15-30(28)36-32(31)34/h21-34H,9-20H2,1-8H3. The van der Waals surface area contributed by atoms with E-state index in [9.17, 15) is 0 Å². The van der Waals surface area contributed by atoms with Gasteiger partial charge in [0.15, 0.2) is 0 Å². The van der Waals surface area contributed by atoms with Crippen molar-refractivity contribution in [3.63, 3.8) is 0 Å². The van der Waals surface area contributed by atoms with Crippen LogP contribution in [0.15, 0.2) is 0 Å². The molecule has 37 heavy (non-hydrogen) atoms. The normalized spacial score (nSPS) is 52.5. The third-order valence-electron chi connectivity index (χ3n) is 14.5. The van der Waals surface area contributed by atoms with Crippen LogP contribution in [0, 0.1) is 64.6 Å². The van der Waals surface area contributed by atoms with Gasteiger partial charge in [-0.1, -0.05) is 80.3 Å². The van der Waals surface area contributed by atoms with E-state index in [1.165, 1.54) is 57.8 Å². The molecule has 12 atom stereocenters. The Bertz CT molecular complexity index is 805. The summed E-state index contributed by atoms with van der Waals surface area (Å²) in [6.45, 7) is 21.2. The molecule has 1 aliphatic heterocycles. The number of rotatable bonds is 3. The minimum absolute atomic E-state index is 0.509. The van der Waals surface area contributed by atoms with Gasteiger partial charge in [0, 0.05) is 0 Å². The van der Waals surface area contributed by atoms with Crippen LogP contribution in [0.1, 0.15) is 119 Å². The van der Waals surface area contributed by atoms with Gasteiger partial charge in [0.25, 0.3) is 0 Å². The van der Waals surface area contributed by atoms with Crippen molar-refractivity contribution in [2.75, 3.05) is 0 Å². The molecule has 0 radical (unpaired) electrons. The summed E-state index contributed by atoms with van der Waals surface area (Å²) in [6.07, 6.45) is 19.2. The molecule has 0 aromatic heterocycles. The second-order valence-electron chi connectivity index (χ2n) is 17.4. The summed E-state index contributed by atoms with van der Waals surface area (Å²) in [6, 6.07) is 0. The predicted octanol–water partition coefficient (Wildman–Crippen LogP) is 10.2. The third kappa shape index (κ3) is 4.47. The molecule has 2 heteroatoms. The van der Waals surface area contributed by atoms with Gasteiger partial charge in [0.05, 0.1) is 20.3 Å². The first-order valence-corrected chi connectivity index (χ1v) is 20.3. The molecule has 5 saturated carbocycles. The minimum Gasteiger partial charge on any atom is -0.374 e. The van der Waals surface area contributed by atoms with E-state index in [4.69, 9.17) is 4.74 Å². The number of ether oxygens (including phenoxy) is 1. The molecule has 0 spiro atoms. The van der Waals surface area contributed by atoms with Crippen molar-refractivity contribution in [2.24, 2.45) is 64.6 Å². The Kier molecular flexibility index (Phi) is 7.33. The molecule has 6 aliphatic rings. The van der Waals surface area contributed by atoms with Gasteiger partial charge in [0.2, 0.25) is 0 Å². The lowest BCUT2D eigenvalue weighted by Crippen LogP contribution is -2.48. The van der Waals surface area contributed by atoms with E-state index < -0.39 is 8.07 Å².